The highest BCUT2D eigenvalue weighted by Gasteiger charge is 2.38. The minimum Gasteiger partial charge on any atom is -0.481 e. The first-order valence-corrected chi connectivity index (χ1v) is 6.99. The standard InChI is InChI=1S/C12H15FN2O2.C2HF3O2/c13-10-2-1-3-11(14-10)15-6-4-9(5-7-15)8-12(16)17;3-2(4,5)1(6)7/h1-3,9H,4-8H2,(H,16,17);(H,6,7). The molecule has 6 nitrogen and oxygen atoms in total. The highest BCUT2D eigenvalue weighted by atomic mass is 19.4. The third kappa shape index (κ3) is 6.80. The van der Waals surface area contributed by atoms with E-state index in [1.54, 1.807) is 12.1 Å². The number of anilines is 1. The number of carboxylic acid groups (broad SMARTS) is 2. The van der Waals surface area contributed by atoms with Crippen LogP contribution in [-0.2, 0) is 9.59 Å². The van der Waals surface area contributed by atoms with Crippen molar-refractivity contribution >= 4 is 17.8 Å². The summed E-state index contributed by atoms with van der Waals surface area (Å²) in [5.41, 5.74) is 0. The molecular formula is C14H16F4N2O4. The topological polar surface area (TPSA) is 90.7 Å². The summed E-state index contributed by atoms with van der Waals surface area (Å²) in [5, 5.41) is 15.8. The molecule has 134 valence electrons. The molecule has 0 unspecified atom stereocenters. The van der Waals surface area contributed by atoms with E-state index >= 15 is 0 Å². The summed E-state index contributed by atoms with van der Waals surface area (Å²) >= 11 is 0. The Morgan fingerprint density at radius 1 is 1.21 bits per heavy atom. The van der Waals surface area contributed by atoms with Crippen LogP contribution in [0.5, 0.6) is 0 Å². The Hall–Kier alpha value is -2.39. The normalized spacial score (nSPS) is 15.4. The molecule has 0 radical (unpaired) electrons. The second-order valence-electron chi connectivity index (χ2n) is 5.15. The smallest absolute Gasteiger partial charge is 0.481 e. The number of hydrogen-bond acceptors (Lipinski definition) is 4. The maximum absolute atomic E-state index is 13.0. The number of pyridine rings is 1. The van der Waals surface area contributed by atoms with Gasteiger partial charge in [-0.05, 0) is 30.9 Å². The lowest BCUT2D eigenvalue weighted by atomic mass is 9.94. The Morgan fingerprint density at radius 2 is 1.75 bits per heavy atom. The molecule has 1 aromatic heterocycles. The van der Waals surface area contributed by atoms with E-state index in [-0.39, 0.29) is 12.3 Å². The first kappa shape index (κ1) is 19.7. The summed E-state index contributed by atoms with van der Waals surface area (Å²) in [4.78, 5) is 25.3. The summed E-state index contributed by atoms with van der Waals surface area (Å²) in [5.74, 6) is -3.11. The number of hydrogen-bond donors (Lipinski definition) is 2. The molecule has 1 fully saturated rings. The van der Waals surface area contributed by atoms with E-state index in [4.69, 9.17) is 15.0 Å². The predicted molar refractivity (Wildman–Crippen MR) is 75.1 cm³/mol. The van der Waals surface area contributed by atoms with Crippen LogP contribution in [0.2, 0.25) is 0 Å². The van der Waals surface area contributed by atoms with Crippen LogP contribution in [-0.4, -0.2) is 46.4 Å². The molecule has 1 aliphatic rings. The van der Waals surface area contributed by atoms with Crippen molar-refractivity contribution < 1.29 is 37.4 Å². The van der Waals surface area contributed by atoms with E-state index in [0.29, 0.717) is 5.82 Å². The number of carbonyl (C=O) groups is 2. The van der Waals surface area contributed by atoms with Crippen molar-refractivity contribution in [2.24, 2.45) is 5.92 Å². The van der Waals surface area contributed by atoms with Crippen molar-refractivity contribution in [1.29, 1.82) is 0 Å². The van der Waals surface area contributed by atoms with Crippen LogP contribution in [0.3, 0.4) is 0 Å². The molecule has 1 aliphatic heterocycles. The largest absolute Gasteiger partial charge is 0.490 e. The van der Waals surface area contributed by atoms with E-state index in [0.717, 1.165) is 25.9 Å². The summed E-state index contributed by atoms with van der Waals surface area (Å²) in [6, 6.07) is 4.74. The molecule has 0 spiro atoms. The van der Waals surface area contributed by atoms with E-state index in [9.17, 15) is 22.4 Å². The maximum atomic E-state index is 13.0. The van der Waals surface area contributed by atoms with E-state index in [1.807, 2.05) is 4.90 Å². The van der Waals surface area contributed by atoms with Gasteiger partial charge in [0.1, 0.15) is 5.82 Å². The Balaban J connectivity index is 0.000000351. The molecule has 1 aromatic rings. The Labute approximate surface area is 134 Å². The molecule has 2 N–H and O–H groups in total. The first-order chi connectivity index (χ1) is 11.1. The molecule has 0 bridgehead atoms. The fourth-order valence-corrected chi connectivity index (χ4v) is 2.19. The highest BCUT2D eigenvalue weighted by Crippen LogP contribution is 2.23. The molecule has 0 amide bonds. The van der Waals surface area contributed by atoms with Crippen molar-refractivity contribution in [3.63, 3.8) is 0 Å². The average Bonchev–Trinajstić information content (AvgIpc) is 2.47. The summed E-state index contributed by atoms with van der Waals surface area (Å²) in [6.45, 7) is 1.49. The number of aliphatic carboxylic acids is 2. The Bertz CT molecular complexity index is 572. The van der Waals surface area contributed by atoms with Crippen molar-refractivity contribution in [3.05, 3.63) is 24.1 Å². The van der Waals surface area contributed by atoms with E-state index in [2.05, 4.69) is 4.98 Å². The molecule has 0 aliphatic carbocycles. The number of piperidine rings is 1. The SMILES string of the molecule is O=C(O)C(F)(F)F.O=C(O)CC1CCN(c2cccc(F)n2)CC1. The fourth-order valence-electron chi connectivity index (χ4n) is 2.19. The molecular weight excluding hydrogens is 336 g/mol. The van der Waals surface area contributed by atoms with Gasteiger partial charge in [-0.25, -0.2) is 9.78 Å². The van der Waals surface area contributed by atoms with Crippen LogP contribution < -0.4 is 4.90 Å². The van der Waals surface area contributed by atoms with Gasteiger partial charge in [0.25, 0.3) is 0 Å². The fraction of sp³-hybridized carbons (Fsp3) is 0.500. The lowest BCUT2D eigenvalue weighted by molar-refractivity contribution is -0.192. The average molecular weight is 352 g/mol. The van der Waals surface area contributed by atoms with Gasteiger partial charge >= 0.3 is 18.1 Å². The van der Waals surface area contributed by atoms with Gasteiger partial charge in [0.2, 0.25) is 5.95 Å². The maximum Gasteiger partial charge on any atom is 0.490 e. The van der Waals surface area contributed by atoms with Crippen LogP contribution in [0.4, 0.5) is 23.4 Å². The first-order valence-electron chi connectivity index (χ1n) is 6.99. The van der Waals surface area contributed by atoms with Gasteiger partial charge < -0.3 is 15.1 Å². The molecule has 1 saturated heterocycles. The van der Waals surface area contributed by atoms with Crippen LogP contribution in [0.1, 0.15) is 19.3 Å². The monoisotopic (exact) mass is 352 g/mol. The predicted octanol–water partition coefficient (Wildman–Crippen LogP) is 2.55. The minimum absolute atomic E-state index is 0.227. The molecule has 0 aromatic carbocycles. The van der Waals surface area contributed by atoms with E-state index in [1.165, 1.54) is 6.07 Å². The van der Waals surface area contributed by atoms with Crippen LogP contribution in [0.15, 0.2) is 18.2 Å². The summed E-state index contributed by atoms with van der Waals surface area (Å²) in [6.07, 6.45) is -3.21. The summed E-state index contributed by atoms with van der Waals surface area (Å²) < 4.78 is 44.7. The third-order valence-corrected chi connectivity index (χ3v) is 3.34. The van der Waals surface area contributed by atoms with Gasteiger partial charge in [0.15, 0.2) is 0 Å². The Kier molecular flexibility index (Phi) is 6.93. The number of aromatic nitrogens is 1. The van der Waals surface area contributed by atoms with Crippen molar-refractivity contribution in [1.82, 2.24) is 4.98 Å². The molecule has 2 rings (SSSR count). The molecule has 10 heteroatoms. The van der Waals surface area contributed by atoms with Gasteiger partial charge in [0, 0.05) is 19.5 Å². The molecule has 0 saturated carbocycles. The number of carboxylic acids is 2. The van der Waals surface area contributed by atoms with Gasteiger partial charge in [-0.1, -0.05) is 6.07 Å². The third-order valence-electron chi connectivity index (χ3n) is 3.34. The van der Waals surface area contributed by atoms with Crippen LogP contribution in [0, 0.1) is 11.9 Å². The lowest BCUT2D eigenvalue weighted by Crippen LogP contribution is -2.34. The second-order valence-corrected chi connectivity index (χ2v) is 5.15. The molecule has 0 atom stereocenters. The van der Waals surface area contributed by atoms with Gasteiger partial charge in [-0.3, -0.25) is 4.79 Å². The van der Waals surface area contributed by atoms with Crippen molar-refractivity contribution in [2.45, 2.75) is 25.4 Å². The number of alkyl halides is 3. The quantitative estimate of drug-likeness (QED) is 0.642. The summed E-state index contributed by atoms with van der Waals surface area (Å²) in [7, 11) is 0. The number of rotatable bonds is 3. The highest BCUT2D eigenvalue weighted by molar-refractivity contribution is 5.73. The molecule has 2 heterocycles. The van der Waals surface area contributed by atoms with Crippen LogP contribution in [0.25, 0.3) is 0 Å². The van der Waals surface area contributed by atoms with Crippen LogP contribution >= 0.6 is 0 Å². The molecule has 24 heavy (non-hydrogen) atoms. The number of halogens is 4. The van der Waals surface area contributed by atoms with Crippen molar-refractivity contribution in [2.75, 3.05) is 18.0 Å². The minimum atomic E-state index is -5.08. The van der Waals surface area contributed by atoms with Crippen molar-refractivity contribution in [3.8, 4) is 0 Å². The van der Waals surface area contributed by atoms with Gasteiger partial charge in [-0.2, -0.15) is 17.6 Å². The zero-order valence-corrected chi connectivity index (χ0v) is 12.5. The van der Waals surface area contributed by atoms with Gasteiger partial charge in [-0.15, -0.1) is 0 Å². The number of nitrogens with zero attached hydrogens (tertiary/aromatic N) is 2. The lowest BCUT2D eigenvalue weighted by Gasteiger charge is -2.32. The van der Waals surface area contributed by atoms with E-state index < -0.39 is 24.1 Å². The van der Waals surface area contributed by atoms with Gasteiger partial charge in [0.05, 0.1) is 0 Å². The zero-order valence-electron chi connectivity index (χ0n) is 12.5. The Morgan fingerprint density at radius 3 is 2.17 bits per heavy atom. The zero-order chi connectivity index (χ0) is 18.3. The second kappa shape index (κ2) is 8.46.